The number of phosphoric ester groups is 2. The van der Waals surface area contributed by atoms with Gasteiger partial charge in [-0.05, 0) is 37.5 Å². The molecular weight excluding hydrogens is 1390 g/mol. The van der Waals surface area contributed by atoms with Gasteiger partial charge < -0.3 is 33.8 Å². The molecule has 0 aromatic carbocycles. The van der Waals surface area contributed by atoms with E-state index in [1.807, 2.05) is 0 Å². The summed E-state index contributed by atoms with van der Waals surface area (Å²) in [5.74, 6) is -0.480. The number of hydrogen-bond donors (Lipinski definition) is 3. The molecule has 3 N–H and O–H groups in total. The average molecular weight is 1560 g/mol. The number of hydrogen-bond acceptors (Lipinski definition) is 15. The van der Waals surface area contributed by atoms with Gasteiger partial charge in [-0.25, -0.2) is 9.13 Å². The topological polar surface area (TPSA) is 237 Å². The second kappa shape index (κ2) is 79.3. The predicted molar refractivity (Wildman–Crippen MR) is 442 cm³/mol. The van der Waals surface area contributed by atoms with Crippen molar-refractivity contribution in [1.82, 2.24) is 0 Å². The van der Waals surface area contributed by atoms with Gasteiger partial charge in [-0.1, -0.05) is 420 Å². The monoisotopic (exact) mass is 1560 g/mol. The average Bonchev–Trinajstić information content (AvgIpc) is 0.903. The quantitative estimate of drug-likeness (QED) is 0.0222. The Hall–Kier alpha value is -1.94. The van der Waals surface area contributed by atoms with E-state index in [9.17, 15) is 43.2 Å². The summed E-state index contributed by atoms with van der Waals surface area (Å²) in [4.78, 5) is 73.0. The summed E-state index contributed by atoms with van der Waals surface area (Å²) in [6.07, 6.45) is 72.9. The molecule has 19 heteroatoms. The van der Waals surface area contributed by atoms with Crippen molar-refractivity contribution in [2.24, 2.45) is 11.8 Å². The van der Waals surface area contributed by atoms with E-state index in [0.29, 0.717) is 25.7 Å². The minimum atomic E-state index is -4.96. The van der Waals surface area contributed by atoms with Gasteiger partial charge in [0.1, 0.15) is 19.3 Å². The summed E-state index contributed by atoms with van der Waals surface area (Å²) in [6, 6.07) is 0. The fourth-order valence-corrected chi connectivity index (χ4v) is 15.4. The van der Waals surface area contributed by atoms with Gasteiger partial charge in [0, 0.05) is 25.7 Å². The number of esters is 4. The molecule has 0 radical (unpaired) electrons. The lowest BCUT2D eigenvalue weighted by Gasteiger charge is -2.21. The summed E-state index contributed by atoms with van der Waals surface area (Å²) in [6.45, 7) is 9.65. The molecule has 0 spiro atoms. The van der Waals surface area contributed by atoms with Gasteiger partial charge >= 0.3 is 39.5 Å². The van der Waals surface area contributed by atoms with Crippen LogP contribution in [0, 0.1) is 11.8 Å². The first-order chi connectivity index (χ1) is 51.9. The molecule has 2 unspecified atom stereocenters. The van der Waals surface area contributed by atoms with E-state index in [4.69, 9.17) is 37.0 Å². The van der Waals surface area contributed by atoms with Crippen LogP contribution in [0.4, 0.5) is 0 Å². The molecule has 0 aromatic rings. The van der Waals surface area contributed by atoms with Crippen molar-refractivity contribution < 1.29 is 80.2 Å². The van der Waals surface area contributed by atoms with E-state index in [0.717, 1.165) is 108 Å². The highest BCUT2D eigenvalue weighted by Gasteiger charge is 2.30. The summed E-state index contributed by atoms with van der Waals surface area (Å²) in [5, 5.41) is 10.6. The standard InChI is InChI=1S/C88H172O17P2/c1-7-9-11-13-14-15-16-17-18-19-20-21-22-23-28-34-39-44-49-54-61-67-73-88(93)105-84(77-99-86(91)71-65-59-53-48-43-38-33-27-25-24-26-31-36-41-46-51-57-62-68-80(3)4)79-103-107(96,97)101-75-82(89)74-100-106(94,95)102-78-83(76-98-85(90)70-64-56-12-10-8-2)104-87(92)72-66-60-55-50-45-40-35-30-29-32-37-42-47-52-58-63-69-81(5)6/h80-84,89H,7-79H2,1-6H3,(H,94,95)(H,96,97)/t82-,83+,84+/m0/s1. The fourth-order valence-electron chi connectivity index (χ4n) is 13.8. The molecule has 0 bridgehead atoms. The van der Waals surface area contributed by atoms with Crippen LogP contribution in [0.2, 0.25) is 0 Å². The van der Waals surface area contributed by atoms with Crippen LogP contribution in [-0.2, 0) is 65.4 Å². The number of rotatable bonds is 87. The van der Waals surface area contributed by atoms with E-state index in [2.05, 4.69) is 41.5 Å². The first-order valence-electron chi connectivity index (χ1n) is 45.5. The van der Waals surface area contributed by atoms with E-state index >= 15 is 0 Å². The Morgan fingerprint density at radius 3 is 0.636 bits per heavy atom. The van der Waals surface area contributed by atoms with Gasteiger partial charge in [-0.3, -0.25) is 37.3 Å². The Balaban J connectivity index is 5.09. The summed E-state index contributed by atoms with van der Waals surface area (Å²) >= 11 is 0. The highest BCUT2D eigenvalue weighted by atomic mass is 31.2. The minimum Gasteiger partial charge on any atom is -0.462 e. The lowest BCUT2D eigenvalue weighted by atomic mass is 10.0. The molecule has 0 aliphatic heterocycles. The van der Waals surface area contributed by atoms with Crippen LogP contribution in [0.15, 0.2) is 0 Å². The highest BCUT2D eigenvalue weighted by Crippen LogP contribution is 2.45. The second-order valence-corrected chi connectivity index (χ2v) is 35.5. The van der Waals surface area contributed by atoms with Crippen LogP contribution in [0.5, 0.6) is 0 Å². The summed E-state index contributed by atoms with van der Waals surface area (Å²) in [5.41, 5.74) is 0. The third-order valence-corrected chi connectivity index (χ3v) is 22.6. The number of ether oxygens (including phenoxy) is 4. The number of carbonyl (C=O) groups is 4. The lowest BCUT2D eigenvalue weighted by molar-refractivity contribution is -0.161. The smallest absolute Gasteiger partial charge is 0.462 e. The van der Waals surface area contributed by atoms with Crippen LogP contribution in [-0.4, -0.2) is 96.7 Å². The number of aliphatic hydroxyl groups is 1. The number of unbranched alkanes of at least 4 members (excludes halogenated alkanes) is 57. The van der Waals surface area contributed by atoms with Crippen LogP contribution in [0.1, 0.15) is 472 Å². The maximum atomic E-state index is 13.1. The zero-order valence-electron chi connectivity index (χ0n) is 70.5. The number of phosphoric acid groups is 2. The van der Waals surface area contributed by atoms with Crippen LogP contribution in [0.3, 0.4) is 0 Å². The number of aliphatic hydroxyl groups excluding tert-OH is 1. The number of carbonyl (C=O) groups excluding carboxylic acids is 4. The zero-order valence-corrected chi connectivity index (χ0v) is 72.2. The molecule has 0 aliphatic rings. The Morgan fingerprint density at radius 1 is 0.252 bits per heavy atom. The van der Waals surface area contributed by atoms with Gasteiger partial charge in [-0.2, -0.15) is 0 Å². The Bertz CT molecular complexity index is 2050. The Kier molecular flexibility index (Phi) is 77.9. The fraction of sp³-hybridized carbons (Fsp3) is 0.955. The third-order valence-electron chi connectivity index (χ3n) is 20.7. The summed E-state index contributed by atoms with van der Waals surface area (Å²) < 4.78 is 68.7. The lowest BCUT2D eigenvalue weighted by Crippen LogP contribution is -2.30. The molecule has 17 nitrogen and oxygen atoms in total. The molecule has 0 amide bonds. The molecule has 0 heterocycles. The van der Waals surface area contributed by atoms with Crippen molar-refractivity contribution >= 4 is 39.5 Å². The minimum absolute atomic E-state index is 0.107. The predicted octanol–water partition coefficient (Wildman–Crippen LogP) is 27.0. The van der Waals surface area contributed by atoms with Crippen molar-refractivity contribution in [2.45, 2.75) is 490 Å². The molecule has 0 aliphatic carbocycles. The van der Waals surface area contributed by atoms with Gasteiger partial charge in [0.15, 0.2) is 12.2 Å². The summed E-state index contributed by atoms with van der Waals surface area (Å²) in [7, 11) is -9.92. The van der Waals surface area contributed by atoms with Gasteiger partial charge in [-0.15, -0.1) is 0 Å². The SMILES string of the molecule is CCCCCCCCCCCCCCCCCCCCCCCCC(=O)O[C@H](COC(=O)CCCCCCCCCCCCCCCCCCCCC(C)C)COP(=O)(O)OC[C@@H](O)COP(=O)(O)OC[C@@H](COC(=O)CCCCCCC)OC(=O)CCCCCCCCCCCCCCCCCCC(C)C. The maximum absolute atomic E-state index is 13.1. The zero-order chi connectivity index (χ0) is 78.5. The molecule has 5 atom stereocenters. The van der Waals surface area contributed by atoms with Crippen molar-refractivity contribution in [3.05, 3.63) is 0 Å². The molecular formula is C88H172O17P2. The normalized spacial score (nSPS) is 13.8. The van der Waals surface area contributed by atoms with Crippen LogP contribution >= 0.6 is 15.6 Å². The molecule has 0 saturated carbocycles. The van der Waals surface area contributed by atoms with Crippen molar-refractivity contribution in [1.29, 1.82) is 0 Å². The third kappa shape index (κ3) is 81.9. The van der Waals surface area contributed by atoms with Crippen LogP contribution < -0.4 is 0 Å². The van der Waals surface area contributed by atoms with E-state index in [1.165, 1.54) is 283 Å². The van der Waals surface area contributed by atoms with Crippen molar-refractivity contribution in [2.75, 3.05) is 39.6 Å². The van der Waals surface area contributed by atoms with Gasteiger partial charge in [0.25, 0.3) is 0 Å². The van der Waals surface area contributed by atoms with E-state index < -0.39 is 97.5 Å². The molecule has 0 fully saturated rings. The van der Waals surface area contributed by atoms with Crippen molar-refractivity contribution in [3.8, 4) is 0 Å². The Morgan fingerprint density at radius 2 is 0.430 bits per heavy atom. The van der Waals surface area contributed by atoms with Gasteiger partial charge in [0.05, 0.1) is 26.4 Å². The molecule has 107 heavy (non-hydrogen) atoms. The van der Waals surface area contributed by atoms with Crippen molar-refractivity contribution in [3.63, 3.8) is 0 Å². The molecule has 0 rings (SSSR count). The largest absolute Gasteiger partial charge is 0.472 e. The van der Waals surface area contributed by atoms with E-state index in [-0.39, 0.29) is 25.7 Å². The molecule has 0 saturated heterocycles. The highest BCUT2D eigenvalue weighted by molar-refractivity contribution is 7.47. The first-order valence-corrected chi connectivity index (χ1v) is 48.5. The maximum Gasteiger partial charge on any atom is 0.472 e. The molecule has 636 valence electrons. The molecule has 0 aromatic heterocycles. The first kappa shape index (κ1) is 105. The van der Waals surface area contributed by atoms with E-state index in [1.54, 1.807) is 0 Å². The second-order valence-electron chi connectivity index (χ2n) is 32.6. The van der Waals surface area contributed by atoms with Gasteiger partial charge in [0.2, 0.25) is 0 Å². The van der Waals surface area contributed by atoms with Crippen LogP contribution in [0.25, 0.3) is 0 Å². The Labute approximate surface area is 658 Å².